The van der Waals surface area contributed by atoms with Crippen molar-refractivity contribution in [2.24, 2.45) is 5.92 Å². The second-order valence-corrected chi connectivity index (χ2v) is 6.96. The van der Waals surface area contributed by atoms with Crippen molar-refractivity contribution >= 4 is 17.6 Å². The SMILES string of the molecule is O=C(Nc1cccc(-n2cnnn2)c1)N1CCCC(C(=O)N2CCOCC2)C1. The number of nitrogens with zero attached hydrogens (tertiary/aromatic N) is 6. The van der Waals surface area contributed by atoms with Gasteiger partial charge in [0.05, 0.1) is 24.8 Å². The minimum Gasteiger partial charge on any atom is -0.378 e. The number of hydrogen-bond acceptors (Lipinski definition) is 6. The van der Waals surface area contributed by atoms with Gasteiger partial charge in [-0.15, -0.1) is 5.10 Å². The first-order valence-corrected chi connectivity index (χ1v) is 9.46. The number of carbonyl (C=O) groups is 2. The van der Waals surface area contributed by atoms with Crippen LogP contribution in [0.4, 0.5) is 10.5 Å². The van der Waals surface area contributed by atoms with Crippen LogP contribution in [0.2, 0.25) is 0 Å². The van der Waals surface area contributed by atoms with Crippen molar-refractivity contribution in [3.63, 3.8) is 0 Å². The molecule has 1 aromatic heterocycles. The highest BCUT2D eigenvalue weighted by Crippen LogP contribution is 2.21. The number of tetrazole rings is 1. The van der Waals surface area contributed by atoms with Gasteiger partial charge in [0, 0.05) is 31.9 Å². The van der Waals surface area contributed by atoms with E-state index in [0.29, 0.717) is 45.1 Å². The summed E-state index contributed by atoms with van der Waals surface area (Å²) in [5.74, 6) is -0.0216. The number of piperidine rings is 1. The van der Waals surface area contributed by atoms with Gasteiger partial charge in [-0.1, -0.05) is 6.07 Å². The molecule has 10 nitrogen and oxygen atoms in total. The first kappa shape index (κ1) is 18.4. The molecule has 0 spiro atoms. The van der Waals surface area contributed by atoms with Crippen LogP contribution in [0.5, 0.6) is 0 Å². The number of hydrogen-bond donors (Lipinski definition) is 1. The summed E-state index contributed by atoms with van der Waals surface area (Å²) in [6.07, 6.45) is 3.13. The minimum atomic E-state index is -0.201. The highest BCUT2D eigenvalue weighted by atomic mass is 16.5. The van der Waals surface area contributed by atoms with E-state index in [2.05, 4.69) is 20.8 Å². The van der Waals surface area contributed by atoms with Crippen molar-refractivity contribution in [3.8, 4) is 5.69 Å². The van der Waals surface area contributed by atoms with Gasteiger partial charge in [0.25, 0.3) is 0 Å². The van der Waals surface area contributed by atoms with Crippen molar-refractivity contribution in [1.29, 1.82) is 0 Å². The summed E-state index contributed by atoms with van der Waals surface area (Å²) in [4.78, 5) is 29.0. The highest BCUT2D eigenvalue weighted by Gasteiger charge is 2.31. The molecule has 10 heteroatoms. The van der Waals surface area contributed by atoms with Gasteiger partial charge < -0.3 is 19.9 Å². The van der Waals surface area contributed by atoms with E-state index in [-0.39, 0.29) is 17.9 Å². The predicted molar refractivity (Wildman–Crippen MR) is 99.9 cm³/mol. The average Bonchev–Trinajstić information content (AvgIpc) is 3.29. The summed E-state index contributed by atoms with van der Waals surface area (Å²) in [5, 5.41) is 14.0. The summed E-state index contributed by atoms with van der Waals surface area (Å²) in [6, 6.07) is 7.09. The molecule has 2 saturated heterocycles. The van der Waals surface area contributed by atoms with Crippen LogP contribution in [-0.2, 0) is 9.53 Å². The summed E-state index contributed by atoms with van der Waals surface area (Å²) in [5.41, 5.74) is 1.40. The highest BCUT2D eigenvalue weighted by molar-refractivity contribution is 5.90. The number of ether oxygens (including phenoxy) is 1. The first-order valence-electron chi connectivity index (χ1n) is 9.46. The Morgan fingerprint density at radius 3 is 2.79 bits per heavy atom. The van der Waals surface area contributed by atoms with Crippen molar-refractivity contribution in [1.82, 2.24) is 30.0 Å². The molecule has 1 aromatic carbocycles. The topological polar surface area (TPSA) is 105 Å². The van der Waals surface area contributed by atoms with Crippen LogP contribution in [0.25, 0.3) is 5.69 Å². The average molecular weight is 385 g/mol. The molecule has 4 rings (SSSR count). The number of nitrogens with one attached hydrogen (secondary N) is 1. The molecule has 2 aliphatic rings. The van der Waals surface area contributed by atoms with E-state index in [1.807, 2.05) is 23.1 Å². The molecule has 3 heterocycles. The third-order valence-corrected chi connectivity index (χ3v) is 5.09. The molecule has 1 unspecified atom stereocenters. The zero-order chi connectivity index (χ0) is 19.3. The van der Waals surface area contributed by atoms with Crippen molar-refractivity contribution < 1.29 is 14.3 Å². The van der Waals surface area contributed by atoms with Gasteiger partial charge in [0.2, 0.25) is 5.91 Å². The third kappa shape index (κ3) is 4.11. The fourth-order valence-corrected chi connectivity index (χ4v) is 3.61. The van der Waals surface area contributed by atoms with Crippen LogP contribution in [0.3, 0.4) is 0 Å². The summed E-state index contributed by atoms with van der Waals surface area (Å²) in [7, 11) is 0. The van der Waals surface area contributed by atoms with Crippen molar-refractivity contribution in [3.05, 3.63) is 30.6 Å². The van der Waals surface area contributed by atoms with Gasteiger partial charge in [0.1, 0.15) is 6.33 Å². The van der Waals surface area contributed by atoms with Gasteiger partial charge in [-0.05, 0) is 41.5 Å². The number of benzene rings is 1. The lowest BCUT2D eigenvalue weighted by Crippen LogP contribution is -2.50. The van der Waals surface area contributed by atoms with Crippen molar-refractivity contribution in [2.75, 3.05) is 44.7 Å². The molecule has 2 aromatic rings. The first-order chi connectivity index (χ1) is 13.7. The Kier molecular flexibility index (Phi) is 5.47. The summed E-state index contributed by atoms with van der Waals surface area (Å²) < 4.78 is 6.84. The van der Waals surface area contributed by atoms with Crippen LogP contribution in [0.1, 0.15) is 12.8 Å². The minimum absolute atomic E-state index is 0.126. The monoisotopic (exact) mass is 385 g/mol. The maximum absolute atomic E-state index is 12.7. The van der Waals surface area contributed by atoms with Gasteiger partial charge in [0.15, 0.2) is 0 Å². The molecule has 2 fully saturated rings. The fourth-order valence-electron chi connectivity index (χ4n) is 3.61. The molecule has 0 aliphatic carbocycles. The standard InChI is InChI=1S/C18H23N7O3/c26-17(23-7-9-28-10-8-23)14-3-2-6-24(12-14)18(27)20-15-4-1-5-16(11-15)25-13-19-21-22-25/h1,4-5,11,13-14H,2-3,6-10,12H2,(H,20,27). The van der Waals surface area contributed by atoms with E-state index < -0.39 is 0 Å². The predicted octanol–water partition coefficient (Wildman–Crippen LogP) is 0.765. The number of morpholine rings is 1. The Labute approximate surface area is 162 Å². The summed E-state index contributed by atoms with van der Waals surface area (Å²) in [6.45, 7) is 3.51. The van der Waals surface area contributed by atoms with Gasteiger partial charge in [-0.2, -0.15) is 0 Å². The molecule has 0 saturated carbocycles. The van der Waals surface area contributed by atoms with E-state index in [9.17, 15) is 9.59 Å². The Hall–Kier alpha value is -3.01. The molecule has 1 atom stereocenters. The maximum Gasteiger partial charge on any atom is 0.321 e. The molecule has 0 bridgehead atoms. The number of aromatic nitrogens is 4. The van der Waals surface area contributed by atoms with Crippen LogP contribution < -0.4 is 5.32 Å². The number of rotatable bonds is 3. The van der Waals surface area contributed by atoms with E-state index >= 15 is 0 Å². The number of anilines is 1. The van der Waals surface area contributed by atoms with E-state index in [1.165, 1.54) is 11.0 Å². The van der Waals surface area contributed by atoms with Crippen molar-refractivity contribution in [2.45, 2.75) is 12.8 Å². The molecule has 1 N–H and O–H groups in total. The largest absolute Gasteiger partial charge is 0.378 e. The Bertz CT molecular complexity index is 820. The molecule has 148 valence electrons. The number of amides is 3. The lowest BCUT2D eigenvalue weighted by Gasteiger charge is -2.36. The van der Waals surface area contributed by atoms with Gasteiger partial charge in [-0.3, -0.25) is 4.79 Å². The second kappa shape index (κ2) is 8.34. The van der Waals surface area contributed by atoms with Crippen LogP contribution >= 0.6 is 0 Å². The Morgan fingerprint density at radius 2 is 2.00 bits per heavy atom. The molecule has 3 amide bonds. The zero-order valence-corrected chi connectivity index (χ0v) is 15.5. The van der Waals surface area contributed by atoms with Gasteiger partial charge in [-0.25, -0.2) is 9.48 Å². The lowest BCUT2D eigenvalue weighted by atomic mass is 9.96. The van der Waals surface area contributed by atoms with Gasteiger partial charge >= 0.3 is 6.03 Å². The normalized spacial score (nSPS) is 20.1. The molecular formula is C18H23N7O3. The van der Waals surface area contributed by atoms with E-state index in [0.717, 1.165) is 18.5 Å². The third-order valence-electron chi connectivity index (χ3n) is 5.09. The Balaban J connectivity index is 1.38. The number of urea groups is 1. The number of likely N-dealkylation sites (tertiary alicyclic amines) is 1. The van der Waals surface area contributed by atoms with Crippen LogP contribution in [0, 0.1) is 5.92 Å². The quantitative estimate of drug-likeness (QED) is 0.836. The van der Waals surface area contributed by atoms with Crippen LogP contribution in [-0.4, -0.2) is 81.3 Å². The van der Waals surface area contributed by atoms with E-state index in [4.69, 9.17) is 4.74 Å². The molecular weight excluding hydrogens is 362 g/mol. The second-order valence-electron chi connectivity index (χ2n) is 6.96. The summed E-state index contributed by atoms with van der Waals surface area (Å²) >= 11 is 0. The molecule has 2 aliphatic heterocycles. The Morgan fingerprint density at radius 1 is 1.14 bits per heavy atom. The smallest absolute Gasteiger partial charge is 0.321 e. The number of carbonyl (C=O) groups excluding carboxylic acids is 2. The van der Waals surface area contributed by atoms with E-state index in [1.54, 1.807) is 11.0 Å². The maximum atomic E-state index is 12.7. The van der Waals surface area contributed by atoms with Crippen LogP contribution in [0.15, 0.2) is 30.6 Å². The molecule has 0 radical (unpaired) electrons. The molecule has 28 heavy (non-hydrogen) atoms. The lowest BCUT2D eigenvalue weighted by molar-refractivity contribution is -0.141. The zero-order valence-electron chi connectivity index (χ0n) is 15.5. The fraction of sp³-hybridized carbons (Fsp3) is 0.500.